The van der Waals surface area contributed by atoms with Crippen LogP contribution in [0.2, 0.25) is 5.02 Å². The monoisotopic (exact) mass is 387 g/mol. The van der Waals surface area contributed by atoms with Crippen molar-refractivity contribution in [2.75, 3.05) is 11.4 Å². The number of ether oxygens (including phenoxy) is 1. The van der Waals surface area contributed by atoms with Gasteiger partial charge in [0.2, 0.25) is 11.8 Å². The molecule has 0 aliphatic carbocycles. The van der Waals surface area contributed by atoms with Gasteiger partial charge >= 0.3 is 0 Å². The maximum atomic E-state index is 11.1. The average molecular weight is 388 g/mol. The molecule has 2 aromatic heterocycles. The molecule has 2 heterocycles. The average Bonchev–Trinajstić information content (AvgIpc) is 3.17. The molecule has 3 aromatic rings. The van der Waals surface area contributed by atoms with Crippen molar-refractivity contribution < 1.29 is 9.53 Å². The maximum absolute atomic E-state index is 11.1. The Morgan fingerprint density at radius 1 is 1.31 bits per heavy atom. The van der Waals surface area contributed by atoms with Crippen molar-refractivity contribution in [2.24, 2.45) is 5.73 Å². The van der Waals surface area contributed by atoms with Crippen molar-refractivity contribution in [1.82, 2.24) is 4.98 Å². The summed E-state index contributed by atoms with van der Waals surface area (Å²) in [6, 6.07) is 12.5. The van der Waals surface area contributed by atoms with Gasteiger partial charge in [0.15, 0.2) is 0 Å². The van der Waals surface area contributed by atoms with Gasteiger partial charge in [0, 0.05) is 24.8 Å². The lowest BCUT2D eigenvalue weighted by Gasteiger charge is -2.21. The zero-order valence-corrected chi connectivity index (χ0v) is 15.8. The quantitative estimate of drug-likeness (QED) is 0.637. The van der Waals surface area contributed by atoms with Gasteiger partial charge in [-0.3, -0.25) is 4.79 Å². The number of primary amides is 1. The largest absolute Gasteiger partial charge is 0.438 e. The topological polar surface area (TPSA) is 68.5 Å². The van der Waals surface area contributed by atoms with Crippen molar-refractivity contribution in [1.29, 1.82) is 0 Å². The highest BCUT2D eigenvalue weighted by Crippen LogP contribution is 2.29. The Bertz CT molecular complexity index is 882. The Hall–Kier alpha value is -2.57. The first-order valence-electron chi connectivity index (χ1n) is 8.07. The van der Waals surface area contributed by atoms with E-state index in [0.29, 0.717) is 22.2 Å². The summed E-state index contributed by atoms with van der Waals surface area (Å²) in [7, 11) is 0. The molecule has 0 unspecified atom stereocenters. The molecule has 1 aromatic carbocycles. The molecule has 0 bridgehead atoms. The van der Waals surface area contributed by atoms with Crippen LogP contribution in [-0.2, 0) is 6.54 Å². The molecule has 134 valence electrons. The highest BCUT2D eigenvalue weighted by molar-refractivity contribution is 7.14. The summed E-state index contributed by atoms with van der Waals surface area (Å²) in [6.07, 6.45) is 1.76. The summed E-state index contributed by atoms with van der Waals surface area (Å²) in [5.41, 5.74) is 6.65. The number of nitrogens with two attached hydrogens (primary N) is 1. The third-order valence-corrected chi connectivity index (χ3v) is 4.99. The van der Waals surface area contributed by atoms with E-state index in [1.807, 2.05) is 12.1 Å². The summed E-state index contributed by atoms with van der Waals surface area (Å²) in [4.78, 5) is 17.7. The number of hydrogen-bond acceptors (Lipinski definition) is 5. The second-order valence-corrected chi connectivity index (χ2v) is 6.92. The minimum atomic E-state index is -0.483. The summed E-state index contributed by atoms with van der Waals surface area (Å²) >= 11 is 8.04. The molecule has 0 atom stereocenters. The van der Waals surface area contributed by atoms with Gasteiger partial charge in [-0.05, 0) is 60.3 Å². The van der Waals surface area contributed by atoms with E-state index < -0.39 is 5.91 Å². The number of pyridine rings is 1. The number of hydrogen-bond donors (Lipinski definition) is 1. The number of rotatable bonds is 7. The maximum Gasteiger partial charge on any atom is 0.248 e. The van der Waals surface area contributed by atoms with Crippen molar-refractivity contribution >= 4 is 33.8 Å². The summed E-state index contributed by atoms with van der Waals surface area (Å²) in [6.45, 7) is 3.72. The van der Waals surface area contributed by atoms with Crippen LogP contribution in [0.4, 0.5) is 5.00 Å². The van der Waals surface area contributed by atoms with Crippen LogP contribution in [-0.4, -0.2) is 17.4 Å². The van der Waals surface area contributed by atoms with E-state index in [1.54, 1.807) is 41.8 Å². The highest BCUT2D eigenvalue weighted by atomic mass is 35.5. The van der Waals surface area contributed by atoms with E-state index in [-0.39, 0.29) is 0 Å². The zero-order valence-electron chi connectivity index (χ0n) is 14.2. The van der Waals surface area contributed by atoms with Gasteiger partial charge in [0.1, 0.15) is 10.8 Å². The molecule has 0 saturated carbocycles. The van der Waals surface area contributed by atoms with Gasteiger partial charge < -0.3 is 15.4 Å². The van der Waals surface area contributed by atoms with Crippen LogP contribution < -0.4 is 15.4 Å². The second kappa shape index (κ2) is 8.21. The van der Waals surface area contributed by atoms with Crippen LogP contribution in [0.1, 0.15) is 22.8 Å². The molecule has 26 heavy (non-hydrogen) atoms. The van der Waals surface area contributed by atoms with E-state index in [2.05, 4.69) is 28.3 Å². The Morgan fingerprint density at radius 3 is 2.65 bits per heavy atom. The number of anilines is 1. The zero-order chi connectivity index (χ0) is 18.5. The summed E-state index contributed by atoms with van der Waals surface area (Å²) < 4.78 is 5.70. The SMILES string of the molecule is CCN(Cc1cnc(Oc2ccc(C(N)=O)cc2)c(Cl)c1)c1cccs1. The highest BCUT2D eigenvalue weighted by Gasteiger charge is 2.11. The smallest absolute Gasteiger partial charge is 0.248 e. The van der Waals surface area contributed by atoms with Gasteiger partial charge in [0.25, 0.3) is 0 Å². The molecule has 3 rings (SSSR count). The molecular weight excluding hydrogens is 370 g/mol. The molecule has 0 saturated heterocycles. The Kier molecular flexibility index (Phi) is 5.75. The lowest BCUT2D eigenvalue weighted by atomic mass is 10.2. The second-order valence-electron chi connectivity index (χ2n) is 5.59. The standard InChI is InChI=1S/C19H18ClN3O2S/c1-2-23(17-4-3-9-26-17)12-13-10-16(20)19(22-11-13)25-15-7-5-14(6-8-15)18(21)24/h3-11H,2,12H2,1H3,(H2,21,24). The van der Waals surface area contributed by atoms with E-state index >= 15 is 0 Å². The van der Waals surface area contributed by atoms with E-state index in [1.165, 1.54) is 5.00 Å². The van der Waals surface area contributed by atoms with E-state index in [9.17, 15) is 4.79 Å². The van der Waals surface area contributed by atoms with Crippen molar-refractivity contribution in [3.8, 4) is 11.6 Å². The number of carbonyl (C=O) groups is 1. The van der Waals surface area contributed by atoms with Crippen molar-refractivity contribution in [3.05, 3.63) is 70.2 Å². The molecule has 0 aliphatic heterocycles. The predicted molar refractivity (Wildman–Crippen MR) is 105 cm³/mol. The molecular formula is C19H18ClN3O2S. The van der Waals surface area contributed by atoms with Crippen LogP contribution in [0.15, 0.2) is 54.0 Å². The minimum Gasteiger partial charge on any atom is -0.438 e. The molecule has 0 radical (unpaired) electrons. The fourth-order valence-corrected chi connectivity index (χ4v) is 3.47. The van der Waals surface area contributed by atoms with Crippen LogP contribution in [0.25, 0.3) is 0 Å². The molecule has 1 amide bonds. The number of thiophene rings is 1. The number of amides is 1. The first-order valence-corrected chi connectivity index (χ1v) is 9.33. The van der Waals surface area contributed by atoms with Gasteiger partial charge in [-0.15, -0.1) is 11.3 Å². The van der Waals surface area contributed by atoms with Gasteiger partial charge in [-0.2, -0.15) is 0 Å². The Labute approximate surface area is 161 Å². The summed E-state index contributed by atoms with van der Waals surface area (Å²) in [5.74, 6) is 0.371. The lowest BCUT2D eigenvalue weighted by molar-refractivity contribution is 0.100. The number of benzene rings is 1. The Morgan fingerprint density at radius 2 is 2.08 bits per heavy atom. The Balaban J connectivity index is 1.72. The van der Waals surface area contributed by atoms with E-state index in [4.69, 9.17) is 22.1 Å². The van der Waals surface area contributed by atoms with Crippen LogP contribution in [0.5, 0.6) is 11.6 Å². The normalized spacial score (nSPS) is 10.5. The summed E-state index contributed by atoms with van der Waals surface area (Å²) in [5, 5.41) is 3.70. The molecule has 7 heteroatoms. The van der Waals surface area contributed by atoms with Gasteiger partial charge in [-0.25, -0.2) is 4.98 Å². The number of aromatic nitrogens is 1. The van der Waals surface area contributed by atoms with Gasteiger partial charge in [-0.1, -0.05) is 11.6 Å². The third-order valence-electron chi connectivity index (χ3n) is 3.79. The predicted octanol–water partition coefficient (Wildman–Crippen LogP) is 4.71. The third kappa shape index (κ3) is 4.33. The number of nitrogens with zero attached hydrogens (tertiary/aromatic N) is 2. The fraction of sp³-hybridized carbons (Fsp3) is 0.158. The minimum absolute atomic E-state index is 0.321. The fourth-order valence-electron chi connectivity index (χ4n) is 2.44. The van der Waals surface area contributed by atoms with E-state index in [0.717, 1.165) is 18.7 Å². The molecule has 2 N–H and O–H groups in total. The number of carbonyl (C=O) groups excluding carboxylic acids is 1. The first kappa shape index (κ1) is 18.2. The molecule has 0 fully saturated rings. The molecule has 0 aliphatic rings. The van der Waals surface area contributed by atoms with Crippen LogP contribution >= 0.6 is 22.9 Å². The molecule has 5 nitrogen and oxygen atoms in total. The molecule has 0 spiro atoms. The first-order chi connectivity index (χ1) is 12.6. The van der Waals surface area contributed by atoms with Crippen molar-refractivity contribution in [3.63, 3.8) is 0 Å². The van der Waals surface area contributed by atoms with Crippen LogP contribution in [0.3, 0.4) is 0 Å². The van der Waals surface area contributed by atoms with Gasteiger partial charge in [0.05, 0.1) is 5.00 Å². The van der Waals surface area contributed by atoms with Crippen LogP contribution in [0, 0.1) is 0 Å². The lowest BCUT2D eigenvalue weighted by Crippen LogP contribution is -2.20. The van der Waals surface area contributed by atoms with Crippen molar-refractivity contribution in [2.45, 2.75) is 13.5 Å². The number of halogens is 1.